The molecule has 0 amide bonds. The molecule has 0 bridgehead atoms. The summed E-state index contributed by atoms with van der Waals surface area (Å²) in [5.41, 5.74) is 1.52. The van der Waals surface area contributed by atoms with Gasteiger partial charge in [-0.3, -0.25) is 4.98 Å². The molecule has 0 spiro atoms. The van der Waals surface area contributed by atoms with Gasteiger partial charge in [0.05, 0.1) is 12.1 Å². The van der Waals surface area contributed by atoms with Gasteiger partial charge in [-0.05, 0) is 37.3 Å². The SMILES string of the molecule is c1cnc2nc(NC3CCOC3C3CC3)ccc2n1. The van der Waals surface area contributed by atoms with Gasteiger partial charge in [0.1, 0.15) is 11.3 Å². The van der Waals surface area contributed by atoms with Crippen LogP contribution in [0.4, 0.5) is 5.82 Å². The Morgan fingerprint density at radius 2 is 2.00 bits per heavy atom. The highest BCUT2D eigenvalue weighted by atomic mass is 16.5. The largest absolute Gasteiger partial charge is 0.376 e. The number of hydrogen-bond donors (Lipinski definition) is 1. The zero-order chi connectivity index (χ0) is 12.7. The van der Waals surface area contributed by atoms with E-state index in [9.17, 15) is 0 Å². The van der Waals surface area contributed by atoms with E-state index in [-0.39, 0.29) is 0 Å². The highest BCUT2D eigenvalue weighted by Gasteiger charge is 2.40. The first-order valence-electron chi connectivity index (χ1n) is 6.86. The molecule has 1 aliphatic heterocycles. The van der Waals surface area contributed by atoms with E-state index in [1.807, 2.05) is 12.1 Å². The highest BCUT2D eigenvalue weighted by molar-refractivity contribution is 5.71. The summed E-state index contributed by atoms with van der Waals surface area (Å²) >= 11 is 0. The molecule has 2 fully saturated rings. The lowest BCUT2D eigenvalue weighted by Gasteiger charge is -2.19. The first-order valence-corrected chi connectivity index (χ1v) is 6.86. The maximum absolute atomic E-state index is 5.83. The Balaban J connectivity index is 1.57. The van der Waals surface area contributed by atoms with Crippen molar-refractivity contribution in [3.63, 3.8) is 0 Å². The highest BCUT2D eigenvalue weighted by Crippen LogP contribution is 2.39. The van der Waals surface area contributed by atoms with Gasteiger partial charge in [-0.1, -0.05) is 0 Å². The van der Waals surface area contributed by atoms with Crippen LogP contribution < -0.4 is 5.32 Å². The second kappa shape index (κ2) is 4.42. The summed E-state index contributed by atoms with van der Waals surface area (Å²) in [6.07, 6.45) is 7.38. The van der Waals surface area contributed by atoms with Crippen LogP contribution in [0.1, 0.15) is 19.3 Å². The lowest BCUT2D eigenvalue weighted by molar-refractivity contribution is 0.0898. The van der Waals surface area contributed by atoms with E-state index in [1.54, 1.807) is 12.4 Å². The fourth-order valence-electron chi connectivity index (χ4n) is 2.78. The number of anilines is 1. The monoisotopic (exact) mass is 256 g/mol. The van der Waals surface area contributed by atoms with Gasteiger partial charge in [0.2, 0.25) is 0 Å². The molecule has 5 nitrogen and oxygen atoms in total. The number of pyridine rings is 1. The first kappa shape index (κ1) is 11.1. The maximum atomic E-state index is 5.83. The molecular formula is C14H16N4O. The van der Waals surface area contributed by atoms with E-state index in [0.29, 0.717) is 17.8 Å². The summed E-state index contributed by atoms with van der Waals surface area (Å²) < 4.78 is 5.83. The quantitative estimate of drug-likeness (QED) is 0.910. The van der Waals surface area contributed by atoms with Crippen LogP contribution in [0, 0.1) is 5.92 Å². The van der Waals surface area contributed by atoms with Crippen LogP contribution in [0.15, 0.2) is 24.5 Å². The average Bonchev–Trinajstić information content (AvgIpc) is 3.19. The summed E-state index contributed by atoms with van der Waals surface area (Å²) in [6, 6.07) is 4.31. The van der Waals surface area contributed by atoms with Crippen LogP contribution in [0.5, 0.6) is 0 Å². The van der Waals surface area contributed by atoms with Gasteiger partial charge < -0.3 is 10.1 Å². The van der Waals surface area contributed by atoms with E-state index in [0.717, 1.165) is 30.3 Å². The van der Waals surface area contributed by atoms with Crippen molar-refractivity contribution in [3.05, 3.63) is 24.5 Å². The third kappa shape index (κ3) is 2.14. The summed E-state index contributed by atoms with van der Waals surface area (Å²) in [5.74, 6) is 1.62. The van der Waals surface area contributed by atoms with Gasteiger partial charge >= 0.3 is 0 Å². The number of nitrogens with one attached hydrogen (secondary N) is 1. The molecule has 0 radical (unpaired) electrons. The van der Waals surface area contributed by atoms with Crippen molar-refractivity contribution in [1.29, 1.82) is 0 Å². The van der Waals surface area contributed by atoms with Gasteiger partial charge in [-0.25, -0.2) is 9.97 Å². The molecule has 1 saturated carbocycles. The Morgan fingerprint density at radius 1 is 1.11 bits per heavy atom. The Labute approximate surface area is 111 Å². The predicted octanol–water partition coefficient (Wildman–Crippen LogP) is 2.00. The lowest BCUT2D eigenvalue weighted by atomic mass is 10.1. The van der Waals surface area contributed by atoms with Crippen LogP contribution in [-0.2, 0) is 4.74 Å². The molecule has 2 unspecified atom stereocenters. The molecule has 1 saturated heterocycles. The lowest BCUT2D eigenvalue weighted by Crippen LogP contribution is -2.31. The minimum Gasteiger partial charge on any atom is -0.376 e. The van der Waals surface area contributed by atoms with Crippen LogP contribution in [0.2, 0.25) is 0 Å². The molecule has 2 aromatic rings. The van der Waals surface area contributed by atoms with Crippen LogP contribution in [0.25, 0.3) is 11.2 Å². The summed E-state index contributed by atoms with van der Waals surface area (Å²) in [4.78, 5) is 13.0. The van der Waals surface area contributed by atoms with Gasteiger partial charge in [-0.2, -0.15) is 0 Å². The van der Waals surface area contributed by atoms with Gasteiger partial charge in [0.25, 0.3) is 0 Å². The Kier molecular flexibility index (Phi) is 2.58. The normalized spacial score (nSPS) is 26.7. The number of nitrogens with zero attached hydrogens (tertiary/aromatic N) is 3. The van der Waals surface area contributed by atoms with Crippen molar-refractivity contribution in [2.24, 2.45) is 5.92 Å². The number of hydrogen-bond acceptors (Lipinski definition) is 5. The molecule has 19 heavy (non-hydrogen) atoms. The molecule has 2 atom stereocenters. The van der Waals surface area contributed by atoms with Crippen molar-refractivity contribution in [2.45, 2.75) is 31.4 Å². The number of ether oxygens (including phenoxy) is 1. The van der Waals surface area contributed by atoms with Crippen LogP contribution in [0.3, 0.4) is 0 Å². The standard InChI is InChI=1S/C14H16N4O/c1-2-9(1)13-10(5-8-19-13)17-12-4-3-11-14(18-12)16-7-6-15-11/h3-4,6-7,9-10,13H,1-2,5,8H2,(H,16,17,18). The molecule has 4 rings (SSSR count). The van der Waals surface area contributed by atoms with Gasteiger partial charge in [-0.15, -0.1) is 0 Å². The molecule has 5 heteroatoms. The summed E-state index contributed by atoms with van der Waals surface area (Å²) in [5, 5.41) is 3.50. The number of rotatable bonds is 3. The summed E-state index contributed by atoms with van der Waals surface area (Å²) in [6.45, 7) is 0.853. The molecule has 3 heterocycles. The fourth-order valence-corrected chi connectivity index (χ4v) is 2.78. The molecule has 98 valence electrons. The van der Waals surface area contributed by atoms with E-state index in [1.165, 1.54) is 12.8 Å². The third-order valence-electron chi connectivity index (χ3n) is 3.89. The fraction of sp³-hybridized carbons (Fsp3) is 0.500. The van der Waals surface area contributed by atoms with Crippen LogP contribution >= 0.6 is 0 Å². The molecule has 1 aliphatic carbocycles. The smallest absolute Gasteiger partial charge is 0.180 e. The second-order valence-corrected chi connectivity index (χ2v) is 5.31. The van der Waals surface area contributed by atoms with Crippen molar-refractivity contribution < 1.29 is 4.74 Å². The zero-order valence-corrected chi connectivity index (χ0v) is 10.6. The van der Waals surface area contributed by atoms with Crippen molar-refractivity contribution >= 4 is 17.0 Å². The second-order valence-electron chi connectivity index (χ2n) is 5.31. The first-order chi connectivity index (χ1) is 9.40. The topological polar surface area (TPSA) is 59.9 Å². The van der Waals surface area contributed by atoms with E-state index < -0.39 is 0 Å². The minimum absolute atomic E-state index is 0.361. The van der Waals surface area contributed by atoms with E-state index in [2.05, 4.69) is 20.3 Å². The maximum Gasteiger partial charge on any atom is 0.180 e. The van der Waals surface area contributed by atoms with Crippen molar-refractivity contribution in [2.75, 3.05) is 11.9 Å². The van der Waals surface area contributed by atoms with Gasteiger partial charge in [0, 0.05) is 19.0 Å². The number of aromatic nitrogens is 3. The summed E-state index contributed by atoms with van der Waals surface area (Å²) in [7, 11) is 0. The Morgan fingerprint density at radius 3 is 2.89 bits per heavy atom. The average molecular weight is 256 g/mol. The van der Waals surface area contributed by atoms with Crippen molar-refractivity contribution in [3.8, 4) is 0 Å². The molecule has 2 aliphatic rings. The minimum atomic E-state index is 0.361. The Hall–Kier alpha value is -1.75. The molecule has 2 aromatic heterocycles. The van der Waals surface area contributed by atoms with Crippen LogP contribution in [-0.4, -0.2) is 33.7 Å². The molecule has 0 aromatic carbocycles. The molecule has 1 N–H and O–H groups in total. The zero-order valence-electron chi connectivity index (χ0n) is 10.6. The molecular weight excluding hydrogens is 240 g/mol. The number of fused-ring (bicyclic) bond motifs is 1. The van der Waals surface area contributed by atoms with E-state index in [4.69, 9.17) is 4.74 Å². The van der Waals surface area contributed by atoms with Crippen molar-refractivity contribution in [1.82, 2.24) is 15.0 Å². The third-order valence-corrected chi connectivity index (χ3v) is 3.89. The van der Waals surface area contributed by atoms with E-state index >= 15 is 0 Å². The predicted molar refractivity (Wildman–Crippen MR) is 71.8 cm³/mol. The Bertz CT molecular complexity index is 599. The van der Waals surface area contributed by atoms with Gasteiger partial charge in [0.15, 0.2) is 5.65 Å².